The Hall–Kier alpha value is -2.85. The SMILES string of the molecule is COc1ccc(COc2cccc(N=S(=O)=O)c2C#N)cc1. The van der Waals surface area contributed by atoms with Crippen molar-refractivity contribution in [3.05, 3.63) is 53.6 Å². The topological polar surface area (TPSA) is 88.8 Å². The van der Waals surface area contributed by atoms with Gasteiger partial charge < -0.3 is 9.47 Å². The van der Waals surface area contributed by atoms with E-state index in [0.29, 0.717) is 0 Å². The number of nitriles is 1. The van der Waals surface area contributed by atoms with Crippen molar-refractivity contribution in [1.82, 2.24) is 0 Å². The van der Waals surface area contributed by atoms with Gasteiger partial charge in [-0.1, -0.05) is 18.2 Å². The van der Waals surface area contributed by atoms with Crippen molar-refractivity contribution in [1.29, 1.82) is 5.26 Å². The Kier molecular flexibility index (Phi) is 5.11. The lowest BCUT2D eigenvalue weighted by atomic mass is 10.2. The summed E-state index contributed by atoms with van der Waals surface area (Å²) < 4.78 is 35.3. The average Bonchev–Trinajstić information content (AvgIpc) is 2.53. The third kappa shape index (κ3) is 3.84. The van der Waals surface area contributed by atoms with E-state index in [1.807, 2.05) is 18.2 Å². The molecule has 0 unspecified atom stereocenters. The average molecular weight is 316 g/mol. The molecule has 0 atom stereocenters. The van der Waals surface area contributed by atoms with Crippen LogP contribution in [0.15, 0.2) is 46.8 Å². The largest absolute Gasteiger partial charge is 0.497 e. The minimum absolute atomic E-state index is 0.0584. The molecule has 0 spiro atoms. The number of nitrogens with zero attached hydrogens (tertiary/aromatic N) is 2. The third-order valence-corrected chi connectivity index (χ3v) is 3.19. The van der Waals surface area contributed by atoms with Crippen LogP contribution in [0, 0.1) is 11.3 Å². The predicted octanol–water partition coefficient (Wildman–Crippen LogP) is 2.84. The van der Waals surface area contributed by atoms with Crippen LogP contribution in [0.4, 0.5) is 5.69 Å². The maximum Gasteiger partial charge on any atom is 0.316 e. The van der Waals surface area contributed by atoms with Crippen LogP contribution in [0.3, 0.4) is 0 Å². The first-order valence-electron chi connectivity index (χ1n) is 6.24. The van der Waals surface area contributed by atoms with Gasteiger partial charge in [0, 0.05) is 0 Å². The van der Waals surface area contributed by atoms with Crippen molar-refractivity contribution < 1.29 is 17.9 Å². The van der Waals surface area contributed by atoms with Crippen LogP contribution >= 0.6 is 0 Å². The second-order valence-electron chi connectivity index (χ2n) is 4.21. The van der Waals surface area contributed by atoms with Crippen LogP contribution in [0.5, 0.6) is 11.5 Å². The summed E-state index contributed by atoms with van der Waals surface area (Å²) in [6.45, 7) is 0.239. The highest BCUT2D eigenvalue weighted by Gasteiger charge is 2.09. The molecule has 0 fully saturated rings. The number of ether oxygens (including phenoxy) is 2. The van der Waals surface area contributed by atoms with Crippen LogP contribution in [-0.2, 0) is 17.1 Å². The lowest BCUT2D eigenvalue weighted by Crippen LogP contribution is -1.97. The molecule has 2 aromatic carbocycles. The molecule has 7 heteroatoms. The fourth-order valence-corrected chi connectivity index (χ4v) is 2.10. The maximum atomic E-state index is 10.7. The summed E-state index contributed by atoms with van der Waals surface area (Å²) in [5.74, 6) is 1.02. The van der Waals surface area contributed by atoms with Gasteiger partial charge in [-0.3, -0.25) is 0 Å². The lowest BCUT2D eigenvalue weighted by Gasteiger charge is -2.09. The highest BCUT2D eigenvalue weighted by molar-refractivity contribution is 7.61. The fraction of sp³-hybridized carbons (Fsp3) is 0.133. The van der Waals surface area contributed by atoms with Crippen LogP contribution in [0.1, 0.15) is 11.1 Å². The van der Waals surface area contributed by atoms with Crippen molar-refractivity contribution in [2.75, 3.05) is 7.11 Å². The Bertz CT molecular complexity index is 829. The minimum atomic E-state index is -2.63. The van der Waals surface area contributed by atoms with Gasteiger partial charge in [-0.05, 0) is 29.8 Å². The van der Waals surface area contributed by atoms with Crippen LogP contribution < -0.4 is 9.47 Å². The molecule has 6 nitrogen and oxygen atoms in total. The molecule has 0 aromatic heterocycles. The molecule has 0 bridgehead atoms. The molecule has 0 amide bonds. The van der Waals surface area contributed by atoms with E-state index in [1.165, 1.54) is 6.07 Å². The zero-order valence-electron chi connectivity index (χ0n) is 11.7. The summed E-state index contributed by atoms with van der Waals surface area (Å²) in [7, 11) is -1.04. The number of benzene rings is 2. The van der Waals surface area contributed by atoms with E-state index < -0.39 is 10.5 Å². The van der Waals surface area contributed by atoms with Crippen molar-refractivity contribution in [3.63, 3.8) is 0 Å². The molecule has 0 saturated heterocycles. The molecule has 0 radical (unpaired) electrons. The van der Waals surface area contributed by atoms with E-state index in [9.17, 15) is 13.7 Å². The first kappa shape index (κ1) is 15.5. The summed E-state index contributed by atoms with van der Waals surface area (Å²) in [6.07, 6.45) is 0. The summed E-state index contributed by atoms with van der Waals surface area (Å²) in [5, 5.41) is 9.17. The normalized spacial score (nSPS) is 9.64. The van der Waals surface area contributed by atoms with Gasteiger partial charge >= 0.3 is 10.5 Å². The smallest absolute Gasteiger partial charge is 0.316 e. The van der Waals surface area contributed by atoms with Crippen LogP contribution in [-0.4, -0.2) is 15.5 Å². The lowest BCUT2D eigenvalue weighted by molar-refractivity contribution is 0.305. The number of methoxy groups -OCH3 is 1. The molecule has 112 valence electrons. The summed E-state index contributed by atoms with van der Waals surface area (Å²) in [6, 6.07) is 13.8. The quantitative estimate of drug-likeness (QED) is 0.846. The molecular weight excluding hydrogens is 304 g/mol. The monoisotopic (exact) mass is 316 g/mol. The highest BCUT2D eigenvalue weighted by Crippen LogP contribution is 2.28. The first-order chi connectivity index (χ1) is 10.6. The zero-order valence-corrected chi connectivity index (χ0v) is 12.5. The summed E-state index contributed by atoms with van der Waals surface area (Å²) in [4.78, 5) is 0. The van der Waals surface area contributed by atoms with Crippen molar-refractivity contribution >= 4 is 16.2 Å². The van der Waals surface area contributed by atoms with Crippen LogP contribution in [0.25, 0.3) is 0 Å². The van der Waals surface area contributed by atoms with E-state index in [-0.39, 0.29) is 23.6 Å². The Morgan fingerprint density at radius 2 is 1.91 bits per heavy atom. The second kappa shape index (κ2) is 7.24. The van der Waals surface area contributed by atoms with Crippen molar-refractivity contribution in [2.24, 2.45) is 4.36 Å². The van der Waals surface area contributed by atoms with Gasteiger partial charge in [0.15, 0.2) is 0 Å². The van der Waals surface area contributed by atoms with Gasteiger partial charge in [0.2, 0.25) is 0 Å². The van der Waals surface area contributed by atoms with Gasteiger partial charge in [-0.25, -0.2) is 0 Å². The molecule has 2 rings (SSSR count). The zero-order chi connectivity index (χ0) is 15.9. The molecule has 0 aliphatic rings. The third-order valence-electron chi connectivity index (χ3n) is 2.84. The molecule has 0 N–H and O–H groups in total. The Morgan fingerprint density at radius 1 is 1.18 bits per heavy atom. The minimum Gasteiger partial charge on any atom is -0.497 e. The van der Waals surface area contributed by atoms with E-state index in [4.69, 9.17) is 9.47 Å². The van der Waals surface area contributed by atoms with Crippen molar-refractivity contribution in [3.8, 4) is 17.6 Å². The Balaban J connectivity index is 2.22. The molecule has 2 aromatic rings. The highest BCUT2D eigenvalue weighted by atomic mass is 32.2. The second-order valence-corrected chi connectivity index (χ2v) is 4.82. The van der Waals surface area contributed by atoms with E-state index in [1.54, 1.807) is 31.4 Å². The first-order valence-corrected chi connectivity index (χ1v) is 7.27. The van der Waals surface area contributed by atoms with Crippen LogP contribution in [0.2, 0.25) is 0 Å². The molecule has 0 saturated carbocycles. The number of hydrogen-bond donors (Lipinski definition) is 0. The summed E-state index contributed by atoms with van der Waals surface area (Å²) in [5.41, 5.74) is 1.03. The standard InChI is InChI=1S/C15H12N2O4S/c1-20-12-7-5-11(6-8-12)10-21-15-4-2-3-14(13(15)9-16)17-22(18)19/h2-8H,10H2,1H3. The van der Waals surface area contributed by atoms with E-state index >= 15 is 0 Å². The van der Waals surface area contributed by atoms with Gasteiger partial charge in [0.1, 0.15) is 35.4 Å². The maximum absolute atomic E-state index is 10.7. The Morgan fingerprint density at radius 3 is 2.50 bits per heavy atom. The van der Waals surface area contributed by atoms with E-state index in [2.05, 4.69) is 4.36 Å². The van der Waals surface area contributed by atoms with Crippen molar-refractivity contribution in [2.45, 2.75) is 6.61 Å². The molecule has 22 heavy (non-hydrogen) atoms. The molecule has 0 heterocycles. The number of rotatable bonds is 5. The van der Waals surface area contributed by atoms with Gasteiger partial charge in [0.05, 0.1) is 7.11 Å². The number of hydrogen-bond acceptors (Lipinski definition) is 6. The molecule has 0 aliphatic heterocycles. The predicted molar refractivity (Wildman–Crippen MR) is 79.5 cm³/mol. The van der Waals surface area contributed by atoms with Gasteiger partial charge in [0.25, 0.3) is 0 Å². The van der Waals surface area contributed by atoms with Gasteiger partial charge in [-0.2, -0.15) is 13.7 Å². The molecule has 0 aliphatic carbocycles. The summed E-state index contributed by atoms with van der Waals surface area (Å²) >= 11 is 0. The Labute approximate surface area is 129 Å². The fourth-order valence-electron chi connectivity index (χ4n) is 1.79. The molecular formula is C15H12N2O4S. The van der Waals surface area contributed by atoms with E-state index in [0.717, 1.165) is 11.3 Å². The van der Waals surface area contributed by atoms with Gasteiger partial charge in [-0.15, -0.1) is 4.36 Å².